The Morgan fingerprint density at radius 1 is 1.45 bits per heavy atom. The summed E-state index contributed by atoms with van der Waals surface area (Å²) in [5.41, 5.74) is 1.77. The summed E-state index contributed by atoms with van der Waals surface area (Å²) in [5, 5.41) is 13.6. The molecule has 0 radical (unpaired) electrons. The molecule has 2 unspecified atom stereocenters. The lowest BCUT2D eigenvalue weighted by Gasteiger charge is -2.37. The van der Waals surface area contributed by atoms with Gasteiger partial charge in [-0.2, -0.15) is 5.10 Å². The Morgan fingerprint density at radius 2 is 2.15 bits per heavy atom. The molecule has 1 aromatic rings. The lowest BCUT2D eigenvalue weighted by molar-refractivity contribution is -0.155. The van der Waals surface area contributed by atoms with E-state index in [1.165, 1.54) is 4.90 Å². The third kappa shape index (κ3) is 2.84. The van der Waals surface area contributed by atoms with Crippen molar-refractivity contribution in [3.05, 3.63) is 17.5 Å². The zero-order valence-electron chi connectivity index (χ0n) is 12.2. The van der Waals surface area contributed by atoms with E-state index in [1.807, 2.05) is 26.8 Å². The Morgan fingerprint density at radius 3 is 2.70 bits per heavy atom. The van der Waals surface area contributed by atoms with Crippen LogP contribution in [0.4, 0.5) is 0 Å². The van der Waals surface area contributed by atoms with Crippen LogP contribution in [0.15, 0.2) is 6.07 Å². The first-order chi connectivity index (χ1) is 9.40. The molecule has 0 aliphatic carbocycles. The van der Waals surface area contributed by atoms with Gasteiger partial charge in [0.15, 0.2) is 0 Å². The van der Waals surface area contributed by atoms with Crippen molar-refractivity contribution in [1.29, 1.82) is 0 Å². The largest absolute Gasteiger partial charge is 0.480 e. The first-order valence-corrected chi connectivity index (χ1v) is 6.93. The highest BCUT2D eigenvalue weighted by Crippen LogP contribution is 2.24. The summed E-state index contributed by atoms with van der Waals surface area (Å²) in [5.74, 6) is -1.10. The minimum Gasteiger partial charge on any atom is -0.480 e. The van der Waals surface area contributed by atoms with Gasteiger partial charge in [-0.05, 0) is 38.7 Å². The van der Waals surface area contributed by atoms with Gasteiger partial charge in [-0.1, -0.05) is 6.92 Å². The van der Waals surface area contributed by atoms with Gasteiger partial charge in [-0.25, -0.2) is 4.79 Å². The molecular formula is C14H21N3O3. The normalized spacial score (nSPS) is 22.9. The van der Waals surface area contributed by atoms with Gasteiger partial charge in [0.1, 0.15) is 12.6 Å². The van der Waals surface area contributed by atoms with E-state index in [-0.39, 0.29) is 18.4 Å². The number of carboxylic acid groups (broad SMARTS) is 1. The molecule has 1 fully saturated rings. The zero-order valence-corrected chi connectivity index (χ0v) is 12.2. The summed E-state index contributed by atoms with van der Waals surface area (Å²) in [6.07, 6.45) is 1.70. The summed E-state index contributed by atoms with van der Waals surface area (Å²) < 4.78 is 1.63. The molecule has 6 heteroatoms. The maximum absolute atomic E-state index is 12.4. The fraction of sp³-hybridized carbons (Fsp3) is 0.643. The second-order valence-electron chi connectivity index (χ2n) is 5.57. The summed E-state index contributed by atoms with van der Waals surface area (Å²) in [6.45, 7) is 6.27. The van der Waals surface area contributed by atoms with Crippen LogP contribution in [0.5, 0.6) is 0 Å². The molecule has 1 N–H and O–H groups in total. The Hall–Kier alpha value is -1.85. The third-order valence-corrected chi connectivity index (χ3v) is 3.90. The predicted octanol–water partition coefficient (Wildman–Crippen LogP) is 1.21. The molecule has 20 heavy (non-hydrogen) atoms. The standard InChI is InChI=1S/C14H21N3O3/c1-9-5-4-6-16(13(9)14(19)20)12(18)8-17-11(3)7-10(2)15-17/h7,9,13H,4-6,8H2,1-3H3,(H,19,20). The lowest BCUT2D eigenvalue weighted by Crippen LogP contribution is -2.52. The predicted molar refractivity (Wildman–Crippen MR) is 73.2 cm³/mol. The molecule has 0 saturated carbocycles. The van der Waals surface area contributed by atoms with Crippen molar-refractivity contribution in [1.82, 2.24) is 14.7 Å². The van der Waals surface area contributed by atoms with E-state index < -0.39 is 12.0 Å². The number of piperidine rings is 1. The number of aromatic nitrogens is 2. The number of hydrogen-bond donors (Lipinski definition) is 1. The van der Waals surface area contributed by atoms with Crippen molar-refractivity contribution < 1.29 is 14.7 Å². The highest BCUT2D eigenvalue weighted by Gasteiger charge is 2.37. The summed E-state index contributed by atoms with van der Waals surface area (Å²) in [6, 6.07) is 1.19. The molecule has 2 rings (SSSR count). The molecular weight excluding hydrogens is 258 g/mol. The van der Waals surface area contributed by atoms with Gasteiger partial charge in [0, 0.05) is 12.2 Å². The van der Waals surface area contributed by atoms with Gasteiger partial charge >= 0.3 is 5.97 Å². The van der Waals surface area contributed by atoms with E-state index in [9.17, 15) is 14.7 Å². The van der Waals surface area contributed by atoms with E-state index in [1.54, 1.807) is 4.68 Å². The van der Waals surface area contributed by atoms with Crippen LogP contribution in [-0.4, -0.2) is 44.3 Å². The molecule has 0 bridgehead atoms. The van der Waals surface area contributed by atoms with Crippen LogP contribution in [-0.2, 0) is 16.1 Å². The van der Waals surface area contributed by atoms with E-state index in [4.69, 9.17) is 0 Å². The van der Waals surface area contributed by atoms with Crippen LogP contribution in [0.2, 0.25) is 0 Å². The first-order valence-electron chi connectivity index (χ1n) is 6.93. The topological polar surface area (TPSA) is 75.4 Å². The number of rotatable bonds is 3. The number of amides is 1. The zero-order chi connectivity index (χ0) is 14.9. The Balaban J connectivity index is 2.14. The summed E-state index contributed by atoms with van der Waals surface area (Å²) >= 11 is 0. The molecule has 0 spiro atoms. The number of aryl methyl sites for hydroxylation is 2. The molecule has 1 saturated heterocycles. The van der Waals surface area contributed by atoms with Crippen LogP contribution >= 0.6 is 0 Å². The van der Waals surface area contributed by atoms with E-state index in [2.05, 4.69) is 5.10 Å². The number of carboxylic acids is 1. The highest BCUT2D eigenvalue weighted by molar-refractivity contribution is 5.84. The number of aliphatic carboxylic acids is 1. The van der Waals surface area contributed by atoms with Gasteiger partial charge < -0.3 is 10.0 Å². The third-order valence-electron chi connectivity index (χ3n) is 3.90. The monoisotopic (exact) mass is 279 g/mol. The average Bonchev–Trinajstić information content (AvgIpc) is 2.66. The van der Waals surface area contributed by atoms with Gasteiger partial charge in [-0.3, -0.25) is 9.48 Å². The van der Waals surface area contributed by atoms with Crippen molar-refractivity contribution in [3.63, 3.8) is 0 Å². The van der Waals surface area contributed by atoms with Gasteiger partial charge in [-0.15, -0.1) is 0 Å². The number of likely N-dealkylation sites (tertiary alicyclic amines) is 1. The highest BCUT2D eigenvalue weighted by atomic mass is 16.4. The fourth-order valence-electron chi connectivity index (χ4n) is 2.90. The maximum atomic E-state index is 12.4. The maximum Gasteiger partial charge on any atom is 0.326 e. The van der Waals surface area contributed by atoms with Crippen molar-refractivity contribution in [2.75, 3.05) is 6.54 Å². The Labute approximate surface area is 118 Å². The SMILES string of the molecule is Cc1cc(C)n(CC(=O)N2CCCC(C)C2C(=O)O)n1. The Bertz CT molecular complexity index is 524. The quantitative estimate of drug-likeness (QED) is 0.902. The van der Waals surface area contributed by atoms with Gasteiger partial charge in [0.2, 0.25) is 5.91 Å². The Kier molecular flexibility index (Phi) is 4.11. The minimum absolute atomic E-state index is 0.00865. The number of carbonyl (C=O) groups excluding carboxylic acids is 1. The van der Waals surface area contributed by atoms with E-state index in [0.29, 0.717) is 6.54 Å². The van der Waals surface area contributed by atoms with Crippen LogP contribution < -0.4 is 0 Å². The second-order valence-corrected chi connectivity index (χ2v) is 5.57. The number of hydrogen-bond acceptors (Lipinski definition) is 3. The van der Waals surface area contributed by atoms with Crippen LogP contribution in [0.25, 0.3) is 0 Å². The van der Waals surface area contributed by atoms with Crippen molar-refractivity contribution >= 4 is 11.9 Å². The second kappa shape index (κ2) is 5.64. The van der Waals surface area contributed by atoms with Crippen molar-refractivity contribution in [2.45, 2.75) is 46.2 Å². The van der Waals surface area contributed by atoms with Crippen LogP contribution in [0.1, 0.15) is 31.2 Å². The first kappa shape index (κ1) is 14.6. The van der Waals surface area contributed by atoms with E-state index >= 15 is 0 Å². The molecule has 1 amide bonds. The van der Waals surface area contributed by atoms with Gasteiger partial charge in [0.05, 0.1) is 5.69 Å². The molecule has 110 valence electrons. The molecule has 1 aliphatic heterocycles. The summed E-state index contributed by atoms with van der Waals surface area (Å²) in [4.78, 5) is 25.3. The van der Waals surface area contributed by atoms with Crippen molar-refractivity contribution in [2.24, 2.45) is 5.92 Å². The fourth-order valence-corrected chi connectivity index (χ4v) is 2.90. The minimum atomic E-state index is -0.918. The smallest absolute Gasteiger partial charge is 0.326 e. The summed E-state index contributed by atoms with van der Waals surface area (Å²) in [7, 11) is 0. The van der Waals surface area contributed by atoms with Crippen molar-refractivity contribution in [3.8, 4) is 0 Å². The molecule has 2 atom stereocenters. The van der Waals surface area contributed by atoms with E-state index in [0.717, 1.165) is 24.2 Å². The molecule has 1 aromatic heterocycles. The molecule has 0 aromatic carbocycles. The van der Waals surface area contributed by atoms with Crippen LogP contribution in [0, 0.1) is 19.8 Å². The number of nitrogens with zero attached hydrogens (tertiary/aromatic N) is 3. The molecule has 1 aliphatic rings. The molecule has 2 heterocycles. The van der Waals surface area contributed by atoms with Crippen LogP contribution in [0.3, 0.4) is 0 Å². The number of carbonyl (C=O) groups is 2. The molecule has 6 nitrogen and oxygen atoms in total. The van der Waals surface area contributed by atoms with Gasteiger partial charge in [0.25, 0.3) is 0 Å². The lowest BCUT2D eigenvalue weighted by atomic mass is 9.91. The average molecular weight is 279 g/mol.